The van der Waals surface area contributed by atoms with Gasteiger partial charge < -0.3 is 19.9 Å². The number of hydrogen-bond donors (Lipinski definition) is 1. The van der Waals surface area contributed by atoms with Crippen molar-refractivity contribution in [3.63, 3.8) is 0 Å². The van der Waals surface area contributed by atoms with Gasteiger partial charge in [0.1, 0.15) is 0 Å². The van der Waals surface area contributed by atoms with E-state index in [1.807, 2.05) is 18.2 Å². The lowest BCUT2D eigenvalue weighted by Crippen LogP contribution is -2.21. The third-order valence-corrected chi connectivity index (χ3v) is 3.60. The van der Waals surface area contributed by atoms with E-state index in [2.05, 4.69) is 6.92 Å². The van der Waals surface area contributed by atoms with E-state index < -0.39 is 0 Å². The van der Waals surface area contributed by atoms with Crippen LogP contribution in [0.25, 0.3) is 0 Å². The lowest BCUT2D eigenvalue weighted by atomic mass is 10.0. The third-order valence-electron chi connectivity index (χ3n) is 3.60. The second-order valence-electron chi connectivity index (χ2n) is 5.43. The monoisotopic (exact) mass is 279 g/mol. The average Bonchev–Trinajstić information content (AvgIpc) is 3.28. The first kappa shape index (κ1) is 15.1. The molecule has 2 N–H and O–H groups in total. The predicted octanol–water partition coefficient (Wildman–Crippen LogP) is 2.74. The van der Waals surface area contributed by atoms with Gasteiger partial charge in [-0.15, -0.1) is 0 Å². The molecule has 1 atom stereocenters. The van der Waals surface area contributed by atoms with Crippen LogP contribution in [0.15, 0.2) is 18.2 Å². The molecule has 0 radical (unpaired) electrons. The van der Waals surface area contributed by atoms with Crippen LogP contribution in [0, 0.1) is 5.92 Å². The van der Waals surface area contributed by atoms with E-state index in [1.165, 1.54) is 18.4 Å². The fourth-order valence-electron chi connectivity index (χ4n) is 2.01. The summed E-state index contributed by atoms with van der Waals surface area (Å²) in [5.74, 6) is 2.20. The first-order valence-corrected chi connectivity index (χ1v) is 7.36. The van der Waals surface area contributed by atoms with E-state index in [4.69, 9.17) is 19.9 Å². The Kier molecular flexibility index (Phi) is 5.68. The number of ether oxygens (including phenoxy) is 3. The van der Waals surface area contributed by atoms with Crippen molar-refractivity contribution in [1.82, 2.24) is 0 Å². The maximum Gasteiger partial charge on any atom is 0.189 e. The highest BCUT2D eigenvalue weighted by Crippen LogP contribution is 2.30. The third kappa shape index (κ3) is 4.69. The van der Waals surface area contributed by atoms with E-state index in [-0.39, 0.29) is 12.8 Å². The summed E-state index contributed by atoms with van der Waals surface area (Å²) in [6.45, 7) is 3.17. The van der Waals surface area contributed by atoms with Crippen LogP contribution in [0.2, 0.25) is 0 Å². The molecule has 2 rings (SSSR count). The lowest BCUT2D eigenvalue weighted by Gasteiger charge is -2.14. The van der Waals surface area contributed by atoms with Gasteiger partial charge >= 0.3 is 0 Å². The molecular formula is C16H25NO3. The smallest absolute Gasteiger partial charge is 0.189 e. The number of hydrogen-bond acceptors (Lipinski definition) is 4. The number of rotatable bonds is 9. The van der Waals surface area contributed by atoms with E-state index in [0.717, 1.165) is 36.9 Å². The van der Waals surface area contributed by atoms with Crippen molar-refractivity contribution in [2.24, 2.45) is 11.7 Å². The van der Waals surface area contributed by atoms with Crippen molar-refractivity contribution in [1.29, 1.82) is 0 Å². The first-order valence-electron chi connectivity index (χ1n) is 7.36. The summed E-state index contributed by atoms with van der Waals surface area (Å²) in [6.07, 6.45) is 4.40. The Morgan fingerprint density at radius 2 is 2.10 bits per heavy atom. The van der Waals surface area contributed by atoms with Gasteiger partial charge in [-0.25, -0.2) is 0 Å². The topological polar surface area (TPSA) is 53.7 Å². The Morgan fingerprint density at radius 3 is 2.75 bits per heavy atom. The molecule has 1 aliphatic rings. The predicted molar refractivity (Wildman–Crippen MR) is 79.1 cm³/mol. The van der Waals surface area contributed by atoms with E-state index in [1.54, 1.807) is 7.11 Å². The number of nitrogens with two attached hydrogens (primary N) is 1. The Labute approximate surface area is 121 Å². The van der Waals surface area contributed by atoms with Crippen molar-refractivity contribution in [3.8, 4) is 11.5 Å². The molecule has 20 heavy (non-hydrogen) atoms. The molecule has 4 nitrogen and oxygen atoms in total. The molecule has 1 fully saturated rings. The summed E-state index contributed by atoms with van der Waals surface area (Å²) in [4.78, 5) is 0. The molecule has 0 heterocycles. The molecule has 1 saturated carbocycles. The lowest BCUT2D eigenvalue weighted by molar-refractivity contribution is 0.00865. The molecule has 112 valence electrons. The molecule has 0 bridgehead atoms. The molecule has 1 unspecified atom stereocenters. The summed E-state index contributed by atoms with van der Waals surface area (Å²) < 4.78 is 16.5. The van der Waals surface area contributed by atoms with Crippen LogP contribution in [0.4, 0.5) is 0 Å². The van der Waals surface area contributed by atoms with Crippen molar-refractivity contribution in [2.45, 2.75) is 38.6 Å². The fourth-order valence-corrected chi connectivity index (χ4v) is 2.01. The Bertz CT molecular complexity index is 418. The average molecular weight is 279 g/mol. The molecule has 0 aliphatic heterocycles. The SMILES string of the molecule is CCC(N)Cc1ccc(OCOCC2CC2)c(OC)c1. The van der Waals surface area contributed by atoms with Gasteiger partial charge in [-0.1, -0.05) is 13.0 Å². The van der Waals surface area contributed by atoms with Crippen molar-refractivity contribution >= 4 is 0 Å². The molecule has 0 amide bonds. The van der Waals surface area contributed by atoms with Crippen molar-refractivity contribution in [3.05, 3.63) is 23.8 Å². The van der Waals surface area contributed by atoms with E-state index >= 15 is 0 Å². The first-order chi connectivity index (χ1) is 9.72. The molecule has 0 spiro atoms. The quantitative estimate of drug-likeness (QED) is 0.558. The van der Waals surface area contributed by atoms with Crippen LogP contribution in [-0.2, 0) is 11.2 Å². The minimum atomic E-state index is 0.188. The highest BCUT2D eigenvalue weighted by atomic mass is 16.7. The van der Waals surface area contributed by atoms with E-state index in [9.17, 15) is 0 Å². The summed E-state index contributed by atoms with van der Waals surface area (Å²) in [6, 6.07) is 6.14. The van der Waals surface area contributed by atoms with Gasteiger partial charge in [0.25, 0.3) is 0 Å². The zero-order chi connectivity index (χ0) is 14.4. The maximum absolute atomic E-state index is 5.97. The maximum atomic E-state index is 5.97. The Hall–Kier alpha value is -1.26. The highest BCUT2D eigenvalue weighted by molar-refractivity contribution is 5.43. The van der Waals surface area contributed by atoms with Crippen LogP contribution in [0.5, 0.6) is 11.5 Å². The zero-order valence-electron chi connectivity index (χ0n) is 12.4. The van der Waals surface area contributed by atoms with Gasteiger partial charge in [-0.05, 0) is 49.3 Å². The largest absolute Gasteiger partial charge is 0.493 e. The molecule has 1 aromatic rings. The summed E-state index contributed by atoms with van der Waals surface area (Å²) >= 11 is 0. The minimum absolute atomic E-state index is 0.188. The van der Waals surface area contributed by atoms with Crippen LogP contribution in [0.1, 0.15) is 31.7 Å². The fraction of sp³-hybridized carbons (Fsp3) is 0.625. The Balaban J connectivity index is 1.86. The standard InChI is InChI=1S/C16H25NO3/c1-3-14(17)8-13-6-7-15(16(9-13)18-2)20-11-19-10-12-4-5-12/h6-7,9,12,14H,3-5,8,10-11,17H2,1-2H3. The van der Waals surface area contributed by atoms with Gasteiger partial charge in [0.05, 0.1) is 13.7 Å². The Morgan fingerprint density at radius 1 is 1.30 bits per heavy atom. The van der Waals surface area contributed by atoms with Gasteiger partial charge in [0.2, 0.25) is 0 Å². The molecule has 4 heteroatoms. The molecular weight excluding hydrogens is 254 g/mol. The highest BCUT2D eigenvalue weighted by Gasteiger charge is 2.21. The summed E-state index contributed by atoms with van der Waals surface area (Å²) in [7, 11) is 1.65. The summed E-state index contributed by atoms with van der Waals surface area (Å²) in [5, 5.41) is 0. The van der Waals surface area contributed by atoms with Crippen LogP contribution in [-0.4, -0.2) is 26.6 Å². The second-order valence-corrected chi connectivity index (χ2v) is 5.43. The van der Waals surface area contributed by atoms with Crippen LogP contribution in [0.3, 0.4) is 0 Å². The summed E-state index contributed by atoms with van der Waals surface area (Å²) in [5.41, 5.74) is 7.14. The van der Waals surface area contributed by atoms with Crippen molar-refractivity contribution < 1.29 is 14.2 Å². The van der Waals surface area contributed by atoms with Gasteiger partial charge in [-0.2, -0.15) is 0 Å². The minimum Gasteiger partial charge on any atom is -0.493 e. The van der Waals surface area contributed by atoms with E-state index in [0.29, 0.717) is 0 Å². The van der Waals surface area contributed by atoms with Crippen LogP contribution < -0.4 is 15.2 Å². The van der Waals surface area contributed by atoms with Gasteiger partial charge in [-0.3, -0.25) is 0 Å². The number of benzene rings is 1. The van der Waals surface area contributed by atoms with Crippen LogP contribution >= 0.6 is 0 Å². The normalized spacial score (nSPS) is 15.9. The van der Waals surface area contributed by atoms with Crippen molar-refractivity contribution in [2.75, 3.05) is 20.5 Å². The molecule has 0 saturated heterocycles. The second kappa shape index (κ2) is 7.50. The number of methoxy groups -OCH3 is 1. The molecule has 1 aromatic carbocycles. The van der Waals surface area contributed by atoms with Gasteiger partial charge in [0.15, 0.2) is 18.3 Å². The molecule has 1 aliphatic carbocycles. The zero-order valence-corrected chi connectivity index (χ0v) is 12.4. The molecule has 0 aromatic heterocycles. The van der Waals surface area contributed by atoms with Gasteiger partial charge in [0, 0.05) is 6.04 Å².